The highest BCUT2D eigenvalue weighted by atomic mass is 16.5. The zero-order valence-corrected chi connectivity index (χ0v) is 16.5. The molecule has 0 spiro atoms. The number of nitrogen functional groups attached to an aromatic ring is 1. The van der Waals surface area contributed by atoms with Crippen LogP contribution in [0.15, 0.2) is 12.1 Å². The van der Waals surface area contributed by atoms with E-state index in [1.807, 2.05) is 0 Å². The molecule has 2 N–H and O–H groups in total. The van der Waals surface area contributed by atoms with Crippen LogP contribution >= 0.6 is 0 Å². The number of hydrogen-bond acceptors (Lipinski definition) is 6. The number of carbonyl (C=O) groups is 2. The lowest BCUT2D eigenvalue weighted by Crippen LogP contribution is -2.50. The molecule has 1 fully saturated rings. The molecule has 0 radical (unpaired) electrons. The molecule has 1 aliphatic carbocycles. The molecule has 1 aromatic rings. The third-order valence-electron chi connectivity index (χ3n) is 5.67. The number of nitrogens with zero attached hydrogens (tertiary/aromatic N) is 2. The molecule has 7 nitrogen and oxygen atoms in total. The second-order valence-electron chi connectivity index (χ2n) is 8.09. The van der Waals surface area contributed by atoms with Crippen molar-refractivity contribution in [3.05, 3.63) is 12.1 Å². The van der Waals surface area contributed by atoms with Crippen LogP contribution in [-0.4, -0.2) is 35.6 Å². The minimum absolute atomic E-state index is 0.117. The van der Waals surface area contributed by atoms with Crippen LogP contribution in [0.5, 0.6) is 5.75 Å². The molecule has 0 bridgehead atoms. The Morgan fingerprint density at radius 3 is 2.78 bits per heavy atom. The second kappa shape index (κ2) is 7.74. The molecule has 4 unspecified atom stereocenters. The Hall–Kier alpha value is -2.31. The van der Waals surface area contributed by atoms with E-state index in [0.29, 0.717) is 23.5 Å². The van der Waals surface area contributed by atoms with Crippen LogP contribution in [0.1, 0.15) is 47.0 Å². The summed E-state index contributed by atoms with van der Waals surface area (Å²) in [6.07, 6.45) is 2.96. The van der Waals surface area contributed by atoms with Gasteiger partial charge in [-0.3, -0.25) is 9.69 Å². The van der Waals surface area contributed by atoms with Crippen molar-refractivity contribution in [3.63, 3.8) is 0 Å². The Kier molecular flexibility index (Phi) is 5.58. The lowest BCUT2D eigenvalue weighted by atomic mass is 9.75. The van der Waals surface area contributed by atoms with E-state index in [4.69, 9.17) is 15.2 Å². The SMILES string of the molecule is CC1CCC(C(C)C)C(OC(=O)C(C)N2C(=O)COc3ccc(N)nc32)C1. The second-order valence-corrected chi connectivity index (χ2v) is 8.09. The fraction of sp³-hybridized carbons (Fsp3) is 0.650. The molecule has 2 heterocycles. The lowest BCUT2D eigenvalue weighted by Gasteiger charge is -2.38. The number of nitrogens with two attached hydrogens (primary N) is 1. The predicted molar refractivity (Wildman–Crippen MR) is 102 cm³/mol. The van der Waals surface area contributed by atoms with Gasteiger partial charge in [0, 0.05) is 0 Å². The van der Waals surface area contributed by atoms with Gasteiger partial charge >= 0.3 is 5.97 Å². The fourth-order valence-electron chi connectivity index (χ4n) is 4.07. The quantitative estimate of drug-likeness (QED) is 0.813. The average molecular weight is 375 g/mol. The van der Waals surface area contributed by atoms with Gasteiger partial charge in [0.2, 0.25) is 0 Å². The van der Waals surface area contributed by atoms with Gasteiger partial charge < -0.3 is 15.2 Å². The van der Waals surface area contributed by atoms with E-state index >= 15 is 0 Å². The van der Waals surface area contributed by atoms with Gasteiger partial charge in [-0.25, -0.2) is 9.78 Å². The fourth-order valence-corrected chi connectivity index (χ4v) is 4.07. The number of anilines is 2. The van der Waals surface area contributed by atoms with Gasteiger partial charge in [0.05, 0.1) is 0 Å². The Morgan fingerprint density at radius 1 is 1.33 bits per heavy atom. The lowest BCUT2D eigenvalue weighted by molar-refractivity contribution is -0.158. The van der Waals surface area contributed by atoms with E-state index < -0.39 is 12.0 Å². The van der Waals surface area contributed by atoms with E-state index in [1.165, 1.54) is 4.90 Å². The van der Waals surface area contributed by atoms with E-state index in [0.717, 1.165) is 19.3 Å². The Balaban J connectivity index is 1.79. The van der Waals surface area contributed by atoms with Gasteiger partial charge in [-0.2, -0.15) is 0 Å². The average Bonchev–Trinajstić information content (AvgIpc) is 2.60. The van der Waals surface area contributed by atoms with Crippen LogP contribution in [0.25, 0.3) is 0 Å². The molecule has 3 rings (SSSR count). The molecular weight excluding hydrogens is 346 g/mol. The van der Waals surface area contributed by atoms with Crippen molar-refractivity contribution >= 4 is 23.5 Å². The summed E-state index contributed by atoms with van der Waals surface area (Å²) >= 11 is 0. The first-order valence-electron chi connectivity index (χ1n) is 9.69. The maximum absolute atomic E-state index is 12.9. The number of ether oxygens (including phenoxy) is 2. The molecule has 2 aliphatic rings. The van der Waals surface area contributed by atoms with E-state index in [1.54, 1.807) is 19.1 Å². The molecule has 7 heteroatoms. The summed E-state index contributed by atoms with van der Waals surface area (Å²) in [4.78, 5) is 30.9. The molecule has 1 saturated carbocycles. The van der Waals surface area contributed by atoms with Gasteiger partial charge in [0.15, 0.2) is 18.2 Å². The minimum Gasteiger partial charge on any atom is -0.480 e. The first-order chi connectivity index (χ1) is 12.8. The molecule has 27 heavy (non-hydrogen) atoms. The number of pyridine rings is 1. The maximum Gasteiger partial charge on any atom is 0.329 e. The van der Waals surface area contributed by atoms with Crippen molar-refractivity contribution in [2.45, 2.75) is 59.1 Å². The largest absolute Gasteiger partial charge is 0.480 e. The van der Waals surface area contributed by atoms with Gasteiger partial charge in [0.25, 0.3) is 5.91 Å². The highest BCUT2D eigenvalue weighted by Gasteiger charge is 2.39. The van der Waals surface area contributed by atoms with Crippen molar-refractivity contribution in [1.29, 1.82) is 0 Å². The van der Waals surface area contributed by atoms with Crippen LogP contribution in [0, 0.1) is 17.8 Å². The number of hydrogen-bond donors (Lipinski definition) is 1. The highest BCUT2D eigenvalue weighted by Crippen LogP contribution is 2.36. The predicted octanol–water partition coefficient (Wildman–Crippen LogP) is 2.78. The van der Waals surface area contributed by atoms with Crippen LogP contribution < -0.4 is 15.4 Å². The number of carbonyl (C=O) groups excluding carboxylic acids is 2. The van der Waals surface area contributed by atoms with Gasteiger partial charge in [0.1, 0.15) is 18.0 Å². The standard InChI is InChI=1S/C20H29N3O4/c1-11(2)14-6-5-12(3)9-16(14)27-20(25)13(4)23-18(24)10-26-15-7-8-17(21)22-19(15)23/h7-8,11-14,16H,5-6,9-10H2,1-4H3,(H2,21,22). The number of fused-ring (bicyclic) bond motifs is 1. The number of esters is 1. The summed E-state index contributed by atoms with van der Waals surface area (Å²) in [5.41, 5.74) is 5.76. The first kappa shape index (κ1) is 19.5. The Labute approximate surface area is 160 Å². The molecule has 1 amide bonds. The van der Waals surface area contributed by atoms with E-state index in [2.05, 4.69) is 25.8 Å². The molecule has 1 aromatic heterocycles. The van der Waals surface area contributed by atoms with Crippen molar-refractivity contribution in [2.24, 2.45) is 17.8 Å². The monoisotopic (exact) mass is 375 g/mol. The number of amides is 1. The van der Waals surface area contributed by atoms with Crippen LogP contribution in [0.2, 0.25) is 0 Å². The molecule has 1 aliphatic heterocycles. The zero-order chi connectivity index (χ0) is 19.7. The number of aromatic nitrogens is 1. The normalized spacial score (nSPS) is 26.3. The smallest absolute Gasteiger partial charge is 0.329 e. The summed E-state index contributed by atoms with van der Waals surface area (Å²) < 4.78 is 11.3. The third-order valence-corrected chi connectivity index (χ3v) is 5.67. The Bertz CT molecular complexity index is 721. The van der Waals surface area contributed by atoms with E-state index in [-0.39, 0.29) is 30.3 Å². The van der Waals surface area contributed by atoms with Gasteiger partial charge in [-0.05, 0) is 49.7 Å². The van der Waals surface area contributed by atoms with Crippen molar-refractivity contribution < 1.29 is 19.1 Å². The molecule has 0 saturated heterocycles. The minimum atomic E-state index is -0.792. The molecule has 0 aromatic carbocycles. The summed E-state index contributed by atoms with van der Waals surface area (Å²) in [5.74, 6) is 1.55. The maximum atomic E-state index is 12.9. The zero-order valence-electron chi connectivity index (χ0n) is 16.5. The third kappa shape index (κ3) is 4.01. The van der Waals surface area contributed by atoms with Crippen molar-refractivity contribution in [1.82, 2.24) is 4.98 Å². The first-order valence-corrected chi connectivity index (χ1v) is 9.69. The molecule has 148 valence electrons. The summed E-state index contributed by atoms with van der Waals surface area (Å²) in [6, 6.07) is 2.47. The van der Waals surface area contributed by atoms with Crippen LogP contribution in [0.4, 0.5) is 11.6 Å². The van der Waals surface area contributed by atoms with Crippen LogP contribution in [-0.2, 0) is 14.3 Å². The van der Waals surface area contributed by atoms with E-state index in [9.17, 15) is 9.59 Å². The van der Waals surface area contributed by atoms with Crippen molar-refractivity contribution in [2.75, 3.05) is 17.2 Å². The van der Waals surface area contributed by atoms with Crippen molar-refractivity contribution in [3.8, 4) is 5.75 Å². The number of rotatable bonds is 4. The molecular formula is C20H29N3O4. The summed E-state index contributed by atoms with van der Waals surface area (Å²) in [5, 5.41) is 0. The van der Waals surface area contributed by atoms with Crippen LogP contribution in [0.3, 0.4) is 0 Å². The summed E-state index contributed by atoms with van der Waals surface area (Å²) in [6.45, 7) is 8.05. The summed E-state index contributed by atoms with van der Waals surface area (Å²) in [7, 11) is 0. The highest BCUT2D eigenvalue weighted by molar-refractivity contribution is 6.02. The molecule has 4 atom stereocenters. The topological polar surface area (TPSA) is 94.8 Å². The van der Waals surface area contributed by atoms with Gasteiger partial charge in [-0.15, -0.1) is 0 Å². The Morgan fingerprint density at radius 2 is 2.07 bits per heavy atom. The van der Waals surface area contributed by atoms with Gasteiger partial charge in [-0.1, -0.05) is 27.2 Å².